The monoisotopic (exact) mass is 226 g/mol. The number of halogens is 1. The first-order chi connectivity index (χ1) is 4.45. The quantitative estimate of drug-likeness (QED) is 0.677. The van der Waals surface area contributed by atoms with E-state index in [0.29, 0.717) is 5.75 Å². The van der Waals surface area contributed by atoms with Gasteiger partial charge in [-0.25, -0.2) is 0 Å². The maximum absolute atomic E-state index is 10.8. The largest absolute Gasteiger partial charge is 0.459 e. The van der Waals surface area contributed by atoms with Gasteiger partial charge in [0.25, 0.3) is 0 Å². The third-order valence-corrected chi connectivity index (χ3v) is 1.62. The molecule has 10 heavy (non-hydrogen) atoms. The molecule has 0 rings (SSSR count). The van der Waals surface area contributed by atoms with Crippen LogP contribution in [0.3, 0.4) is 0 Å². The number of ether oxygens (including phenoxy) is 1. The predicted molar refractivity (Wildman–Crippen MR) is 47.2 cm³/mol. The van der Waals surface area contributed by atoms with E-state index in [-0.39, 0.29) is 11.6 Å². The van der Waals surface area contributed by atoms with E-state index in [0.717, 1.165) is 0 Å². The summed E-state index contributed by atoms with van der Waals surface area (Å²) in [6.07, 6.45) is 0. The van der Waals surface area contributed by atoms with Gasteiger partial charge < -0.3 is 4.74 Å². The first-order valence-electron chi connectivity index (χ1n) is 2.91. The standard InChI is InChI=1S/C6H11BrO2S/c1-6(2,3)9-5(8)4-10-7/h4H2,1-3H3. The molecule has 0 atom stereocenters. The van der Waals surface area contributed by atoms with Crippen LogP contribution < -0.4 is 0 Å². The Morgan fingerprint density at radius 1 is 1.60 bits per heavy atom. The van der Waals surface area contributed by atoms with Gasteiger partial charge in [0.15, 0.2) is 0 Å². The van der Waals surface area contributed by atoms with E-state index in [9.17, 15) is 4.79 Å². The number of carbonyl (C=O) groups is 1. The Morgan fingerprint density at radius 3 is 2.40 bits per heavy atom. The average molecular weight is 227 g/mol. The van der Waals surface area contributed by atoms with Crippen molar-refractivity contribution in [2.24, 2.45) is 0 Å². The molecule has 0 aromatic rings. The molecule has 0 N–H and O–H groups in total. The van der Waals surface area contributed by atoms with Crippen LogP contribution in [-0.2, 0) is 9.53 Å². The highest BCUT2D eigenvalue weighted by molar-refractivity contribution is 9.50. The van der Waals surface area contributed by atoms with Crippen molar-refractivity contribution in [3.05, 3.63) is 0 Å². The molecule has 0 unspecified atom stereocenters. The molecule has 0 amide bonds. The Bertz CT molecular complexity index is 119. The van der Waals surface area contributed by atoms with Crippen LogP contribution in [0.2, 0.25) is 0 Å². The van der Waals surface area contributed by atoms with Crippen LogP contribution in [0, 0.1) is 0 Å². The average Bonchev–Trinajstić information content (AvgIpc) is 1.59. The number of hydrogen-bond acceptors (Lipinski definition) is 3. The molecule has 0 saturated carbocycles. The summed E-state index contributed by atoms with van der Waals surface area (Å²) in [7, 11) is 1.29. The van der Waals surface area contributed by atoms with Crippen LogP contribution in [0.5, 0.6) is 0 Å². The molecule has 0 bridgehead atoms. The molecule has 0 aromatic heterocycles. The third-order valence-electron chi connectivity index (χ3n) is 0.592. The van der Waals surface area contributed by atoms with Gasteiger partial charge in [-0.2, -0.15) is 0 Å². The third kappa shape index (κ3) is 6.42. The van der Waals surface area contributed by atoms with E-state index < -0.39 is 0 Å². The Hall–Kier alpha value is 0.300. The molecule has 0 aliphatic carbocycles. The molecule has 0 heterocycles. The van der Waals surface area contributed by atoms with Crippen molar-refractivity contribution in [2.75, 3.05) is 5.75 Å². The summed E-state index contributed by atoms with van der Waals surface area (Å²) in [4.78, 5) is 10.8. The number of carbonyl (C=O) groups excluding carboxylic acids is 1. The Labute approximate surface area is 72.9 Å². The molecule has 0 aliphatic rings. The van der Waals surface area contributed by atoms with Crippen molar-refractivity contribution in [1.29, 1.82) is 0 Å². The lowest BCUT2D eigenvalue weighted by atomic mass is 10.2. The van der Waals surface area contributed by atoms with E-state index in [1.165, 1.54) is 10.2 Å². The second kappa shape index (κ2) is 4.23. The zero-order chi connectivity index (χ0) is 8.20. The van der Waals surface area contributed by atoms with Crippen molar-refractivity contribution in [1.82, 2.24) is 0 Å². The van der Waals surface area contributed by atoms with Crippen molar-refractivity contribution in [2.45, 2.75) is 26.4 Å². The van der Waals surface area contributed by atoms with Crippen LogP contribution in [-0.4, -0.2) is 17.3 Å². The summed E-state index contributed by atoms with van der Waals surface area (Å²) in [5.74, 6) is 0.173. The lowest BCUT2D eigenvalue weighted by molar-refractivity contribution is -0.151. The number of rotatable bonds is 2. The second-order valence-electron chi connectivity index (χ2n) is 2.84. The Kier molecular flexibility index (Phi) is 4.36. The van der Waals surface area contributed by atoms with E-state index >= 15 is 0 Å². The SMILES string of the molecule is CC(C)(C)OC(=O)CSBr. The van der Waals surface area contributed by atoms with Crippen molar-refractivity contribution in [3.63, 3.8) is 0 Å². The van der Waals surface area contributed by atoms with Gasteiger partial charge in [0.05, 0.1) is 0 Å². The highest BCUT2D eigenvalue weighted by atomic mass is 79.9. The fraction of sp³-hybridized carbons (Fsp3) is 0.833. The number of hydrogen-bond donors (Lipinski definition) is 0. The van der Waals surface area contributed by atoms with Crippen LogP contribution >= 0.6 is 25.0 Å². The summed E-state index contributed by atoms with van der Waals surface area (Å²) in [6, 6.07) is 0. The fourth-order valence-electron chi connectivity index (χ4n) is 0.416. The zero-order valence-corrected chi connectivity index (χ0v) is 8.71. The van der Waals surface area contributed by atoms with Crippen LogP contribution in [0.1, 0.15) is 20.8 Å². The van der Waals surface area contributed by atoms with Crippen molar-refractivity contribution in [3.8, 4) is 0 Å². The summed E-state index contributed by atoms with van der Waals surface area (Å²) in [5.41, 5.74) is -0.361. The summed E-state index contributed by atoms with van der Waals surface area (Å²) < 4.78 is 4.99. The maximum atomic E-state index is 10.8. The minimum atomic E-state index is -0.361. The molecule has 0 aromatic carbocycles. The Morgan fingerprint density at radius 2 is 2.10 bits per heavy atom. The van der Waals surface area contributed by atoms with Gasteiger partial charge in [0.2, 0.25) is 0 Å². The minimum absolute atomic E-state index is 0.186. The van der Waals surface area contributed by atoms with Gasteiger partial charge in [-0.3, -0.25) is 4.79 Å². The zero-order valence-electron chi connectivity index (χ0n) is 6.31. The lowest BCUT2D eigenvalue weighted by Crippen LogP contribution is -2.24. The van der Waals surface area contributed by atoms with Gasteiger partial charge in [-0.1, -0.05) is 10.2 Å². The normalized spacial score (nSPS) is 11.2. The first kappa shape index (κ1) is 10.3. The molecular formula is C6H11BrO2S. The van der Waals surface area contributed by atoms with E-state index in [1.54, 1.807) is 0 Å². The summed E-state index contributed by atoms with van der Waals surface area (Å²) in [5, 5.41) is 0. The predicted octanol–water partition coefficient (Wildman–Crippen LogP) is 2.37. The lowest BCUT2D eigenvalue weighted by Gasteiger charge is -2.18. The molecule has 0 aliphatic heterocycles. The van der Waals surface area contributed by atoms with Gasteiger partial charge in [-0.15, -0.1) is 0 Å². The first-order valence-corrected chi connectivity index (χ1v) is 5.74. The maximum Gasteiger partial charge on any atom is 0.317 e. The number of esters is 1. The second-order valence-corrected chi connectivity index (χ2v) is 4.72. The summed E-state index contributed by atoms with van der Waals surface area (Å²) in [6.45, 7) is 5.55. The summed E-state index contributed by atoms with van der Waals surface area (Å²) >= 11 is 3.07. The van der Waals surface area contributed by atoms with E-state index in [1.807, 2.05) is 20.8 Å². The van der Waals surface area contributed by atoms with Crippen LogP contribution in [0.15, 0.2) is 0 Å². The minimum Gasteiger partial charge on any atom is -0.459 e. The Balaban J connectivity index is 3.58. The highest BCUT2D eigenvalue weighted by Gasteiger charge is 2.15. The molecule has 0 spiro atoms. The van der Waals surface area contributed by atoms with Crippen LogP contribution in [0.25, 0.3) is 0 Å². The van der Waals surface area contributed by atoms with Gasteiger partial charge in [0, 0.05) is 0 Å². The van der Waals surface area contributed by atoms with Gasteiger partial charge in [-0.05, 0) is 35.6 Å². The van der Waals surface area contributed by atoms with Crippen LogP contribution in [0.4, 0.5) is 0 Å². The van der Waals surface area contributed by atoms with Gasteiger partial charge in [0.1, 0.15) is 11.4 Å². The van der Waals surface area contributed by atoms with Crippen molar-refractivity contribution >= 4 is 31.0 Å². The molecule has 4 heteroatoms. The highest BCUT2D eigenvalue weighted by Crippen LogP contribution is 2.13. The molecule has 2 nitrogen and oxygen atoms in total. The van der Waals surface area contributed by atoms with E-state index in [2.05, 4.69) is 14.8 Å². The molecular weight excluding hydrogens is 216 g/mol. The smallest absolute Gasteiger partial charge is 0.317 e. The molecule has 0 saturated heterocycles. The van der Waals surface area contributed by atoms with Gasteiger partial charge >= 0.3 is 5.97 Å². The molecule has 0 fully saturated rings. The van der Waals surface area contributed by atoms with E-state index in [4.69, 9.17) is 4.74 Å². The molecule has 0 radical (unpaired) electrons. The fourth-order valence-corrected chi connectivity index (χ4v) is 1.12. The van der Waals surface area contributed by atoms with Crippen molar-refractivity contribution < 1.29 is 9.53 Å². The molecule has 60 valence electrons. The topological polar surface area (TPSA) is 26.3 Å².